The fraction of sp³-hybridized carbons (Fsp3) is 0.632. The van der Waals surface area contributed by atoms with Crippen molar-refractivity contribution in [2.75, 3.05) is 19.6 Å². The fourth-order valence-corrected chi connectivity index (χ4v) is 3.19. The highest BCUT2D eigenvalue weighted by molar-refractivity contribution is 5.94. The Morgan fingerprint density at radius 3 is 2.43 bits per heavy atom. The molecule has 2 unspecified atom stereocenters. The van der Waals surface area contributed by atoms with Crippen molar-refractivity contribution in [1.29, 1.82) is 0 Å². The molecule has 1 fully saturated rings. The highest BCUT2D eigenvalue weighted by Gasteiger charge is 2.29. The van der Waals surface area contributed by atoms with Crippen molar-refractivity contribution in [3.8, 4) is 0 Å². The van der Waals surface area contributed by atoms with Crippen LogP contribution in [0.1, 0.15) is 50.0 Å². The Bertz CT molecular complexity index is 511. The third kappa shape index (κ3) is 4.55. The third-order valence-corrected chi connectivity index (χ3v) is 4.92. The van der Waals surface area contributed by atoms with E-state index in [2.05, 4.69) is 37.8 Å². The van der Waals surface area contributed by atoms with Crippen LogP contribution >= 0.6 is 0 Å². The molecule has 1 heterocycles. The van der Waals surface area contributed by atoms with Crippen LogP contribution in [0.25, 0.3) is 0 Å². The van der Waals surface area contributed by atoms with E-state index >= 15 is 0 Å². The first-order valence-electron chi connectivity index (χ1n) is 8.72. The van der Waals surface area contributed by atoms with Gasteiger partial charge < -0.3 is 10.0 Å². The molecule has 0 bridgehead atoms. The number of hydrogen-bond acceptors (Lipinski definition) is 3. The summed E-state index contributed by atoms with van der Waals surface area (Å²) in [5.74, 6) is 0.290. The summed E-state index contributed by atoms with van der Waals surface area (Å²) in [6, 6.07) is 8.49. The minimum absolute atomic E-state index is 0.0795. The van der Waals surface area contributed by atoms with E-state index < -0.39 is 0 Å². The zero-order valence-electron chi connectivity index (χ0n) is 14.8. The number of benzene rings is 1. The van der Waals surface area contributed by atoms with Gasteiger partial charge in [-0.15, -0.1) is 0 Å². The summed E-state index contributed by atoms with van der Waals surface area (Å²) in [7, 11) is 0. The van der Waals surface area contributed by atoms with E-state index in [1.54, 1.807) is 0 Å². The van der Waals surface area contributed by atoms with Crippen molar-refractivity contribution < 1.29 is 9.90 Å². The lowest BCUT2D eigenvalue weighted by Gasteiger charge is -2.25. The van der Waals surface area contributed by atoms with Crippen molar-refractivity contribution in [2.45, 2.75) is 52.8 Å². The van der Waals surface area contributed by atoms with E-state index in [9.17, 15) is 9.90 Å². The lowest BCUT2D eigenvalue weighted by Crippen LogP contribution is -2.31. The maximum absolute atomic E-state index is 12.5. The molecule has 0 aromatic heterocycles. The number of carbonyl (C=O) groups is 1. The van der Waals surface area contributed by atoms with Gasteiger partial charge in [0.1, 0.15) is 0 Å². The number of aliphatic hydroxyl groups is 1. The summed E-state index contributed by atoms with van der Waals surface area (Å²) >= 11 is 0. The zero-order valence-corrected chi connectivity index (χ0v) is 14.8. The van der Waals surface area contributed by atoms with E-state index in [0.29, 0.717) is 12.6 Å². The molecule has 4 heteroatoms. The van der Waals surface area contributed by atoms with Gasteiger partial charge in [0.15, 0.2) is 0 Å². The van der Waals surface area contributed by atoms with Crippen LogP contribution in [0.4, 0.5) is 0 Å². The molecule has 2 rings (SSSR count). The van der Waals surface area contributed by atoms with E-state index in [0.717, 1.165) is 31.6 Å². The Morgan fingerprint density at radius 1 is 1.30 bits per heavy atom. The molecule has 128 valence electrons. The van der Waals surface area contributed by atoms with Gasteiger partial charge in [-0.1, -0.05) is 19.1 Å². The minimum atomic E-state index is -0.341. The molecular formula is C19H30N2O2. The summed E-state index contributed by atoms with van der Waals surface area (Å²) in [6.07, 6.45) is 0.549. The second kappa shape index (κ2) is 7.93. The number of hydrogen-bond donors (Lipinski definition) is 1. The van der Waals surface area contributed by atoms with Crippen LogP contribution in [0.15, 0.2) is 24.3 Å². The molecule has 1 saturated heterocycles. The lowest BCUT2D eigenvalue weighted by atomic mass is 10.0. The van der Waals surface area contributed by atoms with Gasteiger partial charge in [0.25, 0.3) is 5.91 Å². The maximum Gasteiger partial charge on any atom is 0.253 e. The van der Waals surface area contributed by atoms with E-state index in [1.807, 2.05) is 24.0 Å². The third-order valence-electron chi connectivity index (χ3n) is 4.92. The zero-order chi connectivity index (χ0) is 17.0. The molecule has 1 amide bonds. The lowest BCUT2D eigenvalue weighted by molar-refractivity contribution is 0.0762. The standard InChI is InChI=1S/C19H30N2O2/c1-5-20(14(2)3)12-16-6-8-17(9-7-16)19(23)21-11-10-18(13-21)15(4)22/h6-9,14-15,18,22H,5,10-13H2,1-4H3. The Kier molecular flexibility index (Phi) is 6.19. The number of carbonyl (C=O) groups excluding carboxylic acids is 1. The Morgan fingerprint density at radius 2 is 1.96 bits per heavy atom. The Balaban J connectivity index is 1.98. The predicted octanol–water partition coefficient (Wildman–Crippen LogP) is 2.76. The van der Waals surface area contributed by atoms with Gasteiger partial charge in [-0.25, -0.2) is 0 Å². The van der Waals surface area contributed by atoms with E-state index in [-0.39, 0.29) is 17.9 Å². The molecule has 0 spiro atoms. The van der Waals surface area contributed by atoms with Crippen molar-refractivity contribution in [2.24, 2.45) is 5.92 Å². The summed E-state index contributed by atoms with van der Waals surface area (Å²) in [5.41, 5.74) is 1.98. The van der Waals surface area contributed by atoms with Crippen LogP contribution in [0.3, 0.4) is 0 Å². The summed E-state index contributed by atoms with van der Waals surface area (Å²) in [6.45, 7) is 11.7. The topological polar surface area (TPSA) is 43.8 Å². The molecule has 0 saturated carbocycles. The minimum Gasteiger partial charge on any atom is -0.393 e. The monoisotopic (exact) mass is 318 g/mol. The van der Waals surface area contributed by atoms with Crippen LogP contribution in [0, 0.1) is 5.92 Å². The van der Waals surface area contributed by atoms with Crippen LogP contribution in [-0.4, -0.2) is 52.6 Å². The smallest absolute Gasteiger partial charge is 0.253 e. The van der Waals surface area contributed by atoms with Gasteiger partial charge in [-0.2, -0.15) is 0 Å². The summed E-state index contributed by atoms with van der Waals surface area (Å²) in [4.78, 5) is 16.8. The molecule has 1 aliphatic heterocycles. The predicted molar refractivity (Wildman–Crippen MR) is 93.4 cm³/mol. The molecule has 0 aliphatic carbocycles. The van der Waals surface area contributed by atoms with Crippen LogP contribution < -0.4 is 0 Å². The quantitative estimate of drug-likeness (QED) is 0.877. The van der Waals surface area contributed by atoms with Gasteiger partial charge in [0.05, 0.1) is 6.10 Å². The van der Waals surface area contributed by atoms with Crippen molar-refractivity contribution in [3.05, 3.63) is 35.4 Å². The van der Waals surface area contributed by atoms with Gasteiger partial charge in [-0.05, 0) is 51.4 Å². The highest BCUT2D eigenvalue weighted by atomic mass is 16.3. The average Bonchev–Trinajstić information content (AvgIpc) is 3.02. The Labute approximate surface area is 140 Å². The largest absolute Gasteiger partial charge is 0.393 e. The van der Waals surface area contributed by atoms with Gasteiger partial charge in [-0.3, -0.25) is 9.69 Å². The average molecular weight is 318 g/mol. The molecule has 1 N–H and O–H groups in total. The Hall–Kier alpha value is -1.39. The summed E-state index contributed by atoms with van der Waals surface area (Å²) in [5, 5.41) is 9.67. The second-order valence-electron chi connectivity index (χ2n) is 6.89. The number of rotatable bonds is 6. The first-order chi connectivity index (χ1) is 10.9. The molecule has 23 heavy (non-hydrogen) atoms. The summed E-state index contributed by atoms with van der Waals surface area (Å²) < 4.78 is 0. The first kappa shape index (κ1) is 18.0. The van der Waals surface area contributed by atoms with Crippen molar-refractivity contribution >= 4 is 5.91 Å². The molecule has 1 aliphatic rings. The van der Waals surface area contributed by atoms with Crippen LogP contribution in [0.2, 0.25) is 0 Å². The van der Waals surface area contributed by atoms with Gasteiger partial charge >= 0.3 is 0 Å². The molecule has 2 atom stereocenters. The van der Waals surface area contributed by atoms with Crippen LogP contribution in [0.5, 0.6) is 0 Å². The number of aliphatic hydroxyl groups excluding tert-OH is 1. The molecule has 1 aromatic carbocycles. The van der Waals surface area contributed by atoms with E-state index in [4.69, 9.17) is 0 Å². The van der Waals surface area contributed by atoms with Gasteiger partial charge in [0.2, 0.25) is 0 Å². The van der Waals surface area contributed by atoms with Crippen LogP contribution in [-0.2, 0) is 6.54 Å². The fourth-order valence-electron chi connectivity index (χ4n) is 3.19. The number of nitrogens with zero attached hydrogens (tertiary/aromatic N) is 2. The number of amides is 1. The normalized spacial score (nSPS) is 19.6. The molecular weight excluding hydrogens is 288 g/mol. The van der Waals surface area contributed by atoms with Crippen molar-refractivity contribution in [1.82, 2.24) is 9.80 Å². The number of likely N-dealkylation sites (tertiary alicyclic amines) is 1. The molecule has 1 aromatic rings. The first-order valence-corrected chi connectivity index (χ1v) is 8.72. The van der Waals surface area contributed by atoms with E-state index in [1.165, 1.54) is 5.56 Å². The molecule has 0 radical (unpaired) electrons. The van der Waals surface area contributed by atoms with Gasteiger partial charge in [0, 0.05) is 37.2 Å². The van der Waals surface area contributed by atoms with Crippen molar-refractivity contribution in [3.63, 3.8) is 0 Å². The molecule has 4 nitrogen and oxygen atoms in total. The SMILES string of the molecule is CCN(Cc1ccc(C(=O)N2CCC(C(C)O)C2)cc1)C(C)C. The maximum atomic E-state index is 12.5. The second-order valence-corrected chi connectivity index (χ2v) is 6.89. The highest BCUT2D eigenvalue weighted by Crippen LogP contribution is 2.22.